The van der Waals surface area contributed by atoms with Crippen LogP contribution < -0.4 is 5.73 Å². The molecule has 0 aliphatic carbocycles. The zero-order valence-electron chi connectivity index (χ0n) is 9.98. The van der Waals surface area contributed by atoms with Crippen LogP contribution in [0.15, 0.2) is 23.4 Å². The van der Waals surface area contributed by atoms with E-state index in [-0.39, 0.29) is 11.9 Å². The fourth-order valence-corrected chi connectivity index (χ4v) is 1.32. The van der Waals surface area contributed by atoms with Crippen molar-refractivity contribution in [2.24, 2.45) is 10.9 Å². The number of benzene rings is 1. The minimum absolute atomic E-state index is 0.111. The first kappa shape index (κ1) is 13.4. The van der Waals surface area contributed by atoms with Crippen molar-refractivity contribution in [1.82, 2.24) is 0 Å². The van der Waals surface area contributed by atoms with Crippen molar-refractivity contribution >= 4 is 5.84 Å². The van der Waals surface area contributed by atoms with E-state index in [0.717, 1.165) is 6.42 Å². The highest BCUT2D eigenvalue weighted by molar-refractivity contribution is 5.98. The number of amidine groups is 1. The fourth-order valence-electron chi connectivity index (χ4n) is 1.32. The molecule has 0 heterocycles. The molecule has 0 spiro atoms. The van der Waals surface area contributed by atoms with Gasteiger partial charge in [0.1, 0.15) is 5.82 Å². The molecule has 94 valence electrons. The number of nitrogens with zero attached hydrogens (tertiary/aromatic N) is 1. The Morgan fingerprint density at radius 2 is 2.29 bits per heavy atom. The van der Waals surface area contributed by atoms with Gasteiger partial charge in [0.15, 0.2) is 5.84 Å². The molecule has 0 aromatic heterocycles. The van der Waals surface area contributed by atoms with E-state index in [9.17, 15) is 4.39 Å². The predicted octanol–water partition coefficient (Wildman–Crippen LogP) is 2.24. The van der Waals surface area contributed by atoms with E-state index < -0.39 is 5.82 Å². The molecule has 0 saturated carbocycles. The van der Waals surface area contributed by atoms with Gasteiger partial charge in [-0.15, -0.1) is 0 Å². The van der Waals surface area contributed by atoms with Gasteiger partial charge in [-0.2, -0.15) is 0 Å². The van der Waals surface area contributed by atoms with E-state index in [4.69, 9.17) is 15.7 Å². The summed E-state index contributed by atoms with van der Waals surface area (Å²) < 4.78 is 18.6. The molecule has 0 radical (unpaired) electrons. The summed E-state index contributed by atoms with van der Waals surface area (Å²) in [5.74, 6) is -0.550. The van der Waals surface area contributed by atoms with Crippen molar-refractivity contribution in [3.8, 4) is 0 Å². The van der Waals surface area contributed by atoms with Gasteiger partial charge in [0.05, 0.1) is 12.7 Å². The number of hydrogen-bond acceptors (Lipinski definition) is 3. The Morgan fingerprint density at radius 3 is 2.88 bits per heavy atom. The summed E-state index contributed by atoms with van der Waals surface area (Å²) in [5.41, 5.74) is 6.53. The average molecular weight is 240 g/mol. The van der Waals surface area contributed by atoms with Crippen LogP contribution in [-0.2, 0) is 11.3 Å². The number of rotatable bonds is 5. The molecule has 0 fully saturated rings. The van der Waals surface area contributed by atoms with E-state index in [1.54, 1.807) is 6.07 Å². The van der Waals surface area contributed by atoms with Gasteiger partial charge < -0.3 is 15.7 Å². The lowest BCUT2D eigenvalue weighted by Gasteiger charge is -2.13. The molecule has 4 nitrogen and oxygen atoms in total. The second kappa shape index (κ2) is 6.20. The summed E-state index contributed by atoms with van der Waals surface area (Å²) in [6, 6.07) is 4.12. The molecule has 3 N–H and O–H groups in total. The first-order valence-corrected chi connectivity index (χ1v) is 5.46. The van der Waals surface area contributed by atoms with Crippen LogP contribution in [0.3, 0.4) is 0 Å². The molecule has 0 amide bonds. The van der Waals surface area contributed by atoms with E-state index >= 15 is 0 Å². The van der Waals surface area contributed by atoms with Crippen LogP contribution in [0, 0.1) is 5.82 Å². The molecule has 0 aliphatic heterocycles. The smallest absolute Gasteiger partial charge is 0.170 e. The number of hydrogen-bond donors (Lipinski definition) is 2. The molecule has 0 saturated heterocycles. The van der Waals surface area contributed by atoms with Crippen LogP contribution in [0.2, 0.25) is 0 Å². The number of oxime groups is 1. The van der Waals surface area contributed by atoms with Crippen molar-refractivity contribution in [2.45, 2.75) is 33.0 Å². The average Bonchev–Trinajstić information content (AvgIpc) is 2.35. The Labute approximate surface area is 99.9 Å². The second-order valence-electron chi connectivity index (χ2n) is 3.82. The van der Waals surface area contributed by atoms with Crippen molar-refractivity contribution in [2.75, 3.05) is 0 Å². The van der Waals surface area contributed by atoms with Crippen LogP contribution in [0.1, 0.15) is 31.4 Å². The van der Waals surface area contributed by atoms with Gasteiger partial charge >= 0.3 is 0 Å². The molecule has 1 atom stereocenters. The molecule has 1 unspecified atom stereocenters. The highest BCUT2D eigenvalue weighted by atomic mass is 19.1. The maximum atomic E-state index is 13.1. The summed E-state index contributed by atoms with van der Waals surface area (Å²) in [6.07, 6.45) is 1.00. The molecular weight excluding hydrogens is 223 g/mol. The minimum Gasteiger partial charge on any atom is -0.409 e. The van der Waals surface area contributed by atoms with E-state index in [0.29, 0.717) is 17.7 Å². The minimum atomic E-state index is -0.432. The summed E-state index contributed by atoms with van der Waals surface area (Å²) in [7, 11) is 0. The third-order valence-electron chi connectivity index (χ3n) is 2.55. The lowest BCUT2D eigenvalue weighted by atomic mass is 10.1. The summed E-state index contributed by atoms with van der Waals surface area (Å²) >= 11 is 0. The number of ether oxygens (including phenoxy) is 1. The quantitative estimate of drug-likeness (QED) is 0.359. The molecule has 1 aromatic carbocycles. The highest BCUT2D eigenvalue weighted by Gasteiger charge is 2.10. The predicted molar refractivity (Wildman–Crippen MR) is 63.5 cm³/mol. The fraction of sp³-hybridized carbons (Fsp3) is 0.417. The highest BCUT2D eigenvalue weighted by Crippen LogP contribution is 2.14. The van der Waals surface area contributed by atoms with Crippen LogP contribution in [0.5, 0.6) is 0 Å². The van der Waals surface area contributed by atoms with Gasteiger partial charge in [0.2, 0.25) is 0 Å². The zero-order chi connectivity index (χ0) is 12.8. The van der Waals surface area contributed by atoms with Crippen molar-refractivity contribution in [3.63, 3.8) is 0 Å². The van der Waals surface area contributed by atoms with Gasteiger partial charge in [0, 0.05) is 5.56 Å². The standard InChI is InChI=1S/C12H17FN2O2/c1-3-8(2)17-7-9-4-5-10(13)6-11(9)12(14)15-16/h4-6,8,16H,3,7H2,1-2H3,(H2,14,15). The summed E-state index contributed by atoms with van der Waals surface area (Å²) in [6.45, 7) is 4.27. The van der Waals surface area contributed by atoms with Crippen LogP contribution in [0.25, 0.3) is 0 Å². The SMILES string of the molecule is CCC(C)OCc1ccc(F)cc1C(N)=NO. The lowest BCUT2D eigenvalue weighted by molar-refractivity contribution is 0.0507. The van der Waals surface area contributed by atoms with Crippen LogP contribution >= 0.6 is 0 Å². The van der Waals surface area contributed by atoms with E-state index in [1.807, 2.05) is 13.8 Å². The largest absolute Gasteiger partial charge is 0.409 e. The Bertz CT molecular complexity index is 407. The first-order valence-electron chi connectivity index (χ1n) is 5.46. The lowest BCUT2D eigenvalue weighted by Crippen LogP contribution is -2.17. The summed E-state index contributed by atoms with van der Waals surface area (Å²) in [5, 5.41) is 11.5. The monoisotopic (exact) mass is 240 g/mol. The maximum absolute atomic E-state index is 13.1. The van der Waals surface area contributed by atoms with Crippen molar-refractivity contribution < 1.29 is 14.3 Å². The Morgan fingerprint density at radius 1 is 1.59 bits per heavy atom. The topological polar surface area (TPSA) is 67.8 Å². The van der Waals surface area contributed by atoms with Gasteiger partial charge in [-0.05, 0) is 31.0 Å². The zero-order valence-corrected chi connectivity index (χ0v) is 9.98. The van der Waals surface area contributed by atoms with Crippen LogP contribution in [-0.4, -0.2) is 17.1 Å². The molecule has 0 aliphatic rings. The Balaban J connectivity index is 2.91. The Hall–Kier alpha value is -1.62. The van der Waals surface area contributed by atoms with Gasteiger partial charge in [-0.3, -0.25) is 0 Å². The molecule has 1 rings (SSSR count). The van der Waals surface area contributed by atoms with E-state index in [2.05, 4.69) is 5.16 Å². The normalized spacial score (nSPS) is 13.7. The summed E-state index contributed by atoms with van der Waals surface area (Å²) in [4.78, 5) is 0. The third kappa shape index (κ3) is 3.71. The molecular formula is C12H17FN2O2. The first-order chi connectivity index (χ1) is 8.08. The van der Waals surface area contributed by atoms with Crippen molar-refractivity contribution in [3.05, 3.63) is 35.1 Å². The molecule has 5 heteroatoms. The van der Waals surface area contributed by atoms with Gasteiger partial charge in [-0.1, -0.05) is 18.1 Å². The third-order valence-corrected chi connectivity index (χ3v) is 2.55. The van der Waals surface area contributed by atoms with Crippen molar-refractivity contribution in [1.29, 1.82) is 0 Å². The maximum Gasteiger partial charge on any atom is 0.170 e. The second-order valence-corrected chi connectivity index (χ2v) is 3.82. The number of nitrogens with two attached hydrogens (primary N) is 1. The Kier molecular flexibility index (Phi) is 4.90. The van der Waals surface area contributed by atoms with Crippen LogP contribution in [0.4, 0.5) is 4.39 Å². The molecule has 0 bridgehead atoms. The van der Waals surface area contributed by atoms with Gasteiger partial charge in [-0.25, -0.2) is 4.39 Å². The molecule has 17 heavy (non-hydrogen) atoms. The molecule has 1 aromatic rings. The van der Waals surface area contributed by atoms with Gasteiger partial charge in [0.25, 0.3) is 0 Å². The number of halogens is 1. The van der Waals surface area contributed by atoms with E-state index in [1.165, 1.54) is 12.1 Å².